The molecule has 0 amide bonds. The number of benzene rings is 1. The molecule has 0 bridgehead atoms. The molecule has 2 heterocycles. The molecule has 0 N–H and O–H groups in total. The van der Waals surface area contributed by atoms with Gasteiger partial charge in [-0.05, 0) is 26.0 Å². The molecule has 0 radical (unpaired) electrons. The van der Waals surface area contributed by atoms with Crippen molar-refractivity contribution in [1.82, 2.24) is 9.97 Å². The fourth-order valence-corrected chi connectivity index (χ4v) is 2.57. The zero-order chi connectivity index (χ0) is 17.1. The molecule has 4 nitrogen and oxygen atoms in total. The maximum absolute atomic E-state index is 5.47. The number of rotatable bonds is 6. The molecule has 0 aliphatic rings. The topological polar surface area (TPSA) is 44.2 Å². The van der Waals surface area contributed by atoms with Gasteiger partial charge in [-0.1, -0.05) is 37.4 Å². The first-order chi connectivity index (χ1) is 11.6. The summed E-state index contributed by atoms with van der Waals surface area (Å²) < 4.78 is 10.9. The van der Waals surface area contributed by atoms with E-state index in [1.165, 1.54) is 0 Å². The Hall–Kier alpha value is -2.88. The average Bonchev–Trinajstić information content (AvgIpc) is 2.61. The summed E-state index contributed by atoms with van der Waals surface area (Å²) in [6, 6.07) is 11.9. The highest BCUT2D eigenvalue weighted by atomic mass is 16.5. The number of ether oxygens (including phenoxy) is 2. The van der Waals surface area contributed by atoms with Crippen LogP contribution < -0.4 is 0 Å². The number of hydrogen-bond acceptors (Lipinski definition) is 4. The molecule has 0 fully saturated rings. The molecule has 0 aliphatic heterocycles. The summed E-state index contributed by atoms with van der Waals surface area (Å²) in [5.41, 5.74) is 3.06. The van der Waals surface area contributed by atoms with Crippen LogP contribution in [0.4, 0.5) is 0 Å². The van der Waals surface area contributed by atoms with E-state index < -0.39 is 0 Å². The lowest BCUT2D eigenvalue weighted by Gasteiger charge is -2.10. The highest BCUT2D eigenvalue weighted by molar-refractivity contribution is 6.03. The number of nitrogens with zero attached hydrogens (tertiary/aromatic N) is 2. The maximum Gasteiger partial charge on any atom is 0.137 e. The van der Waals surface area contributed by atoms with E-state index in [0.29, 0.717) is 36.1 Å². The molecule has 0 saturated heterocycles. The molecule has 0 unspecified atom stereocenters. The van der Waals surface area contributed by atoms with Gasteiger partial charge in [-0.15, -0.1) is 0 Å². The van der Waals surface area contributed by atoms with Gasteiger partial charge in [-0.2, -0.15) is 0 Å². The third-order valence-corrected chi connectivity index (χ3v) is 3.73. The van der Waals surface area contributed by atoms with Crippen molar-refractivity contribution in [2.24, 2.45) is 0 Å². The molecule has 0 aliphatic carbocycles. The lowest BCUT2D eigenvalue weighted by molar-refractivity contribution is 0.297. The van der Waals surface area contributed by atoms with Crippen LogP contribution >= 0.6 is 0 Å². The van der Waals surface area contributed by atoms with Crippen LogP contribution in [0.2, 0.25) is 0 Å². The Bertz CT molecular complexity index is 855. The van der Waals surface area contributed by atoms with E-state index in [2.05, 4.69) is 13.2 Å². The van der Waals surface area contributed by atoms with Crippen molar-refractivity contribution < 1.29 is 9.47 Å². The van der Waals surface area contributed by atoms with Crippen LogP contribution in [0.15, 0.2) is 49.6 Å². The van der Waals surface area contributed by atoms with Gasteiger partial charge in [0.2, 0.25) is 0 Å². The Kier molecular flexibility index (Phi) is 4.47. The van der Waals surface area contributed by atoms with Gasteiger partial charge < -0.3 is 9.47 Å². The smallest absolute Gasteiger partial charge is 0.137 e. The zero-order valence-electron chi connectivity index (χ0n) is 14.0. The van der Waals surface area contributed by atoms with Crippen LogP contribution in [-0.2, 0) is 9.47 Å². The summed E-state index contributed by atoms with van der Waals surface area (Å²) in [5, 5.41) is 2.03. The highest BCUT2D eigenvalue weighted by Crippen LogP contribution is 2.26. The minimum atomic E-state index is 0.560. The molecular weight excluding hydrogens is 300 g/mol. The fraction of sp³-hybridized carbons (Fsp3) is 0.200. The lowest BCUT2D eigenvalue weighted by atomic mass is 10.1. The number of hydrogen-bond donors (Lipinski definition) is 0. The van der Waals surface area contributed by atoms with Crippen molar-refractivity contribution in [3.63, 3.8) is 0 Å². The molecule has 0 saturated carbocycles. The normalized spacial score (nSPS) is 10.8. The van der Waals surface area contributed by atoms with Gasteiger partial charge >= 0.3 is 0 Å². The van der Waals surface area contributed by atoms with Crippen LogP contribution in [-0.4, -0.2) is 23.2 Å². The van der Waals surface area contributed by atoms with E-state index in [1.807, 2.05) is 50.2 Å². The molecule has 0 spiro atoms. The SMILES string of the molecule is C=C(OCC)c1ccc2ccc3ccc(C(=C)OCC)nc3c2n1. The van der Waals surface area contributed by atoms with Crippen molar-refractivity contribution >= 4 is 33.3 Å². The van der Waals surface area contributed by atoms with E-state index in [1.54, 1.807) is 0 Å². The van der Waals surface area contributed by atoms with E-state index in [4.69, 9.17) is 19.4 Å². The van der Waals surface area contributed by atoms with Crippen LogP contribution in [0, 0.1) is 0 Å². The largest absolute Gasteiger partial charge is 0.492 e. The number of pyridine rings is 2. The van der Waals surface area contributed by atoms with E-state index in [0.717, 1.165) is 21.8 Å². The van der Waals surface area contributed by atoms with Gasteiger partial charge in [0.1, 0.15) is 22.9 Å². The van der Waals surface area contributed by atoms with Gasteiger partial charge in [0, 0.05) is 10.8 Å². The van der Waals surface area contributed by atoms with Crippen LogP contribution in [0.25, 0.3) is 33.3 Å². The van der Waals surface area contributed by atoms with Crippen LogP contribution in [0.3, 0.4) is 0 Å². The molecule has 4 heteroatoms. The summed E-state index contributed by atoms with van der Waals surface area (Å²) in [5.74, 6) is 1.12. The van der Waals surface area contributed by atoms with Crippen molar-refractivity contribution in [3.8, 4) is 0 Å². The molecular formula is C20H20N2O2. The van der Waals surface area contributed by atoms with Crippen LogP contribution in [0.1, 0.15) is 25.2 Å². The standard InChI is InChI=1S/C20H20N2O2/c1-5-23-13(3)17-11-9-15-7-8-16-10-12-18(14(4)24-6-2)22-20(16)19(15)21-17/h7-12H,3-6H2,1-2H3. The first kappa shape index (κ1) is 16.0. The quantitative estimate of drug-likeness (QED) is 0.483. The minimum Gasteiger partial charge on any atom is -0.492 e. The minimum absolute atomic E-state index is 0.560. The number of aromatic nitrogens is 2. The second-order valence-electron chi connectivity index (χ2n) is 5.31. The molecule has 2 aromatic heterocycles. The summed E-state index contributed by atoms with van der Waals surface area (Å²) in [6.45, 7) is 12.8. The first-order valence-electron chi connectivity index (χ1n) is 7.98. The van der Waals surface area contributed by atoms with Gasteiger partial charge in [-0.25, -0.2) is 9.97 Å². The molecule has 1 aromatic carbocycles. The fourth-order valence-electron chi connectivity index (χ4n) is 2.57. The van der Waals surface area contributed by atoms with Gasteiger partial charge in [0.05, 0.1) is 24.2 Å². The van der Waals surface area contributed by atoms with Gasteiger partial charge in [0.25, 0.3) is 0 Å². The summed E-state index contributed by atoms with van der Waals surface area (Å²) >= 11 is 0. The maximum atomic E-state index is 5.47. The second kappa shape index (κ2) is 6.71. The molecule has 3 rings (SSSR count). The van der Waals surface area contributed by atoms with Crippen LogP contribution in [0.5, 0.6) is 0 Å². The van der Waals surface area contributed by atoms with Gasteiger partial charge in [0.15, 0.2) is 0 Å². The highest BCUT2D eigenvalue weighted by Gasteiger charge is 2.10. The first-order valence-corrected chi connectivity index (χ1v) is 7.98. The predicted molar refractivity (Wildman–Crippen MR) is 98.4 cm³/mol. The second-order valence-corrected chi connectivity index (χ2v) is 5.31. The Labute approximate surface area is 141 Å². The Morgan fingerprint density at radius 2 is 1.12 bits per heavy atom. The number of fused-ring (bicyclic) bond motifs is 3. The summed E-state index contributed by atoms with van der Waals surface area (Å²) in [6.07, 6.45) is 0. The third-order valence-electron chi connectivity index (χ3n) is 3.73. The van der Waals surface area contributed by atoms with E-state index in [9.17, 15) is 0 Å². The Morgan fingerprint density at radius 1 is 0.750 bits per heavy atom. The Balaban J connectivity index is 2.18. The van der Waals surface area contributed by atoms with Crippen molar-refractivity contribution in [1.29, 1.82) is 0 Å². The monoisotopic (exact) mass is 320 g/mol. The predicted octanol–water partition coefficient (Wildman–Crippen LogP) is 4.80. The summed E-state index contributed by atoms with van der Waals surface area (Å²) in [7, 11) is 0. The van der Waals surface area contributed by atoms with Crippen molar-refractivity contribution in [3.05, 3.63) is 60.9 Å². The molecule has 24 heavy (non-hydrogen) atoms. The molecule has 122 valence electrons. The Morgan fingerprint density at radius 3 is 1.50 bits per heavy atom. The van der Waals surface area contributed by atoms with E-state index in [-0.39, 0.29) is 0 Å². The van der Waals surface area contributed by atoms with Crippen molar-refractivity contribution in [2.45, 2.75) is 13.8 Å². The lowest BCUT2D eigenvalue weighted by Crippen LogP contribution is -1.97. The average molecular weight is 320 g/mol. The van der Waals surface area contributed by atoms with Crippen molar-refractivity contribution in [2.75, 3.05) is 13.2 Å². The summed E-state index contributed by atoms with van der Waals surface area (Å²) in [4.78, 5) is 9.42. The van der Waals surface area contributed by atoms with Gasteiger partial charge in [-0.3, -0.25) is 0 Å². The zero-order valence-corrected chi connectivity index (χ0v) is 14.0. The molecule has 0 atom stereocenters. The third kappa shape index (κ3) is 2.95. The van der Waals surface area contributed by atoms with E-state index >= 15 is 0 Å². The molecule has 3 aromatic rings.